The number of carbonyl (C=O) groups excluding carboxylic acids is 1. The van der Waals surface area contributed by atoms with Crippen LogP contribution in [0.15, 0.2) is 48.5 Å². The Morgan fingerprint density at radius 3 is 2.97 bits per heavy atom. The summed E-state index contributed by atoms with van der Waals surface area (Å²) in [5, 5.41) is 14.2. The van der Waals surface area contributed by atoms with Crippen LogP contribution in [0, 0.1) is 0 Å². The molecule has 7 heteroatoms. The number of aliphatic hydroxyl groups is 1. The maximum absolute atomic E-state index is 13.0. The molecule has 152 valence electrons. The molecule has 29 heavy (non-hydrogen) atoms. The van der Waals surface area contributed by atoms with Gasteiger partial charge in [-0.1, -0.05) is 24.3 Å². The molecule has 0 spiro atoms. The van der Waals surface area contributed by atoms with Gasteiger partial charge in [0.1, 0.15) is 11.6 Å². The maximum atomic E-state index is 13.0. The summed E-state index contributed by atoms with van der Waals surface area (Å²) in [6.07, 6.45) is 1.21. The predicted octanol–water partition coefficient (Wildman–Crippen LogP) is 2.21. The highest BCUT2D eigenvalue weighted by Gasteiger charge is 2.41. The maximum Gasteiger partial charge on any atom is 0.256 e. The summed E-state index contributed by atoms with van der Waals surface area (Å²) in [5.41, 5.74) is 1.46. The number of fused-ring (bicyclic) bond motifs is 1. The fourth-order valence-corrected chi connectivity index (χ4v) is 3.85. The summed E-state index contributed by atoms with van der Waals surface area (Å²) in [7, 11) is 1.62. The minimum atomic E-state index is -1.40. The van der Waals surface area contributed by atoms with Crippen LogP contribution in [0.25, 0.3) is 11.0 Å². The molecule has 4 rings (SSSR count). The molecular weight excluding hydrogens is 368 g/mol. The van der Waals surface area contributed by atoms with Crippen molar-refractivity contribution in [2.24, 2.45) is 0 Å². The Hall–Kier alpha value is -2.90. The van der Waals surface area contributed by atoms with Gasteiger partial charge in [0, 0.05) is 19.6 Å². The van der Waals surface area contributed by atoms with Gasteiger partial charge in [-0.25, -0.2) is 4.98 Å². The summed E-state index contributed by atoms with van der Waals surface area (Å²) >= 11 is 0. The van der Waals surface area contributed by atoms with E-state index in [-0.39, 0.29) is 12.5 Å². The molecule has 1 aromatic heterocycles. The first kappa shape index (κ1) is 19.4. The number of hydrogen-bond acceptors (Lipinski definition) is 5. The molecule has 7 nitrogen and oxygen atoms in total. The fourth-order valence-electron chi connectivity index (χ4n) is 3.85. The molecule has 3 N–H and O–H groups in total. The minimum absolute atomic E-state index is 0.192. The van der Waals surface area contributed by atoms with E-state index in [4.69, 9.17) is 4.74 Å². The van der Waals surface area contributed by atoms with E-state index in [0.717, 1.165) is 34.6 Å². The zero-order chi connectivity index (χ0) is 20.3. The van der Waals surface area contributed by atoms with Crippen molar-refractivity contribution < 1.29 is 14.6 Å². The van der Waals surface area contributed by atoms with Gasteiger partial charge >= 0.3 is 0 Å². The van der Waals surface area contributed by atoms with Crippen LogP contribution in [0.3, 0.4) is 0 Å². The van der Waals surface area contributed by atoms with Gasteiger partial charge in [0.05, 0.1) is 24.7 Å². The second kappa shape index (κ2) is 8.23. The summed E-state index contributed by atoms with van der Waals surface area (Å²) < 4.78 is 5.26. The van der Waals surface area contributed by atoms with Crippen LogP contribution in [0.2, 0.25) is 0 Å². The topological polar surface area (TPSA) is 90.5 Å². The number of rotatable bonds is 7. The van der Waals surface area contributed by atoms with Crippen molar-refractivity contribution in [3.05, 3.63) is 59.9 Å². The lowest BCUT2D eigenvalue weighted by molar-refractivity contribution is -0.157. The van der Waals surface area contributed by atoms with Gasteiger partial charge in [0.2, 0.25) is 0 Å². The molecule has 2 aromatic carbocycles. The Morgan fingerprint density at radius 2 is 2.14 bits per heavy atom. The number of carbonyl (C=O) groups is 1. The molecule has 3 aromatic rings. The van der Waals surface area contributed by atoms with E-state index in [0.29, 0.717) is 26.1 Å². The number of likely N-dealkylation sites (tertiary alicyclic amines) is 1. The number of aromatic amines is 1. The van der Waals surface area contributed by atoms with Gasteiger partial charge < -0.3 is 25.0 Å². The highest BCUT2D eigenvalue weighted by molar-refractivity contribution is 5.86. The molecule has 1 amide bonds. The third kappa shape index (κ3) is 4.26. The van der Waals surface area contributed by atoms with Crippen LogP contribution in [0.4, 0.5) is 0 Å². The smallest absolute Gasteiger partial charge is 0.256 e. The van der Waals surface area contributed by atoms with Crippen molar-refractivity contribution in [3.8, 4) is 5.75 Å². The SMILES string of the molecule is COc1cccc(CN2CCC[C@](O)(CNCc3nc4ccccc4[nH]3)C2=O)c1. The van der Waals surface area contributed by atoms with E-state index in [2.05, 4.69) is 15.3 Å². The van der Waals surface area contributed by atoms with E-state index >= 15 is 0 Å². The number of para-hydroxylation sites is 2. The number of piperidine rings is 1. The molecule has 1 atom stereocenters. The molecule has 2 heterocycles. The number of aromatic nitrogens is 2. The van der Waals surface area contributed by atoms with Gasteiger partial charge in [-0.05, 0) is 42.7 Å². The molecule has 0 bridgehead atoms. The first-order valence-corrected chi connectivity index (χ1v) is 9.86. The third-order valence-corrected chi connectivity index (χ3v) is 5.36. The second-order valence-electron chi connectivity index (χ2n) is 7.52. The van der Waals surface area contributed by atoms with Crippen molar-refractivity contribution in [3.63, 3.8) is 0 Å². The van der Waals surface area contributed by atoms with Crippen LogP contribution in [-0.2, 0) is 17.9 Å². The molecule has 0 saturated carbocycles. The predicted molar refractivity (Wildman–Crippen MR) is 110 cm³/mol. The Labute approximate surface area is 169 Å². The number of imidazole rings is 1. The Bertz CT molecular complexity index is 969. The minimum Gasteiger partial charge on any atom is -0.497 e. The number of nitrogens with one attached hydrogen (secondary N) is 2. The number of methoxy groups -OCH3 is 1. The Kier molecular flexibility index (Phi) is 5.51. The van der Waals surface area contributed by atoms with Gasteiger partial charge in [-0.15, -0.1) is 0 Å². The van der Waals surface area contributed by atoms with Crippen LogP contribution in [0.1, 0.15) is 24.2 Å². The lowest BCUT2D eigenvalue weighted by Crippen LogP contribution is -2.57. The van der Waals surface area contributed by atoms with Gasteiger partial charge in [0.15, 0.2) is 5.60 Å². The summed E-state index contributed by atoms with van der Waals surface area (Å²) in [6, 6.07) is 15.5. The van der Waals surface area contributed by atoms with E-state index in [1.54, 1.807) is 12.0 Å². The molecule has 0 aliphatic carbocycles. The summed E-state index contributed by atoms with van der Waals surface area (Å²) in [5.74, 6) is 1.31. The number of benzene rings is 2. The van der Waals surface area contributed by atoms with Crippen LogP contribution in [-0.4, -0.2) is 51.7 Å². The van der Waals surface area contributed by atoms with Gasteiger partial charge in [-0.2, -0.15) is 0 Å². The highest BCUT2D eigenvalue weighted by Crippen LogP contribution is 2.25. The molecular formula is C22H26N4O3. The molecule has 1 aliphatic rings. The quantitative estimate of drug-likeness (QED) is 0.572. The van der Waals surface area contributed by atoms with Gasteiger partial charge in [0.25, 0.3) is 5.91 Å². The number of H-pyrrole nitrogens is 1. The van der Waals surface area contributed by atoms with Gasteiger partial charge in [-0.3, -0.25) is 4.79 Å². The summed E-state index contributed by atoms with van der Waals surface area (Å²) in [6.45, 7) is 1.75. The van der Waals surface area contributed by atoms with Crippen molar-refractivity contribution in [1.29, 1.82) is 0 Å². The first-order chi connectivity index (χ1) is 14.1. The third-order valence-electron chi connectivity index (χ3n) is 5.36. The summed E-state index contributed by atoms with van der Waals surface area (Å²) in [4.78, 5) is 22.5. The van der Waals surface area contributed by atoms with Crippen molar-refractivity contribution >= 4 is 16.9 Å². The Balaban J connectivity index is 1.37. The van der Waals surface area contributed by atoms with Crippen LogP contribution in [0.5, 0.6) is 5.75 Å². The largest absolute Gasteiger partial charge is 0.497 e. The molecule has 1 fully saturated rings. The number of nitrogens with zero attached hydrogens (tertiary/aromatic N) is 2. The monoisotopic (exact) mass is 394 g/mol. The van der Waals surface area contributed by atoms with Crippen molar-refractivity contribution in [2.45, 2.75) is 31.5 Å². The normalized spacial score (nSPS) is 19.7. The number of ether oxygens (including phenoxy) is 1. The molecule has 0 unspecified atom stereocenters. The molecule has 0 radical (unpaired) electrons. The standard InChI is InChI=1S/C22H26N4O3/c1-29-17-7-4-6-16(12-17)14-26-11-5-10-22(28,21(26)27)15-23-13-20-24-18-8-2-3-9-19(18)25-20/h2-4,6-9,12,23,28H,5,10-11,13-15H2,1H3,(H,24,25)/t22-/m0/s1. The van der Waals surface area contributed by atoms with E-state index < -0.39 is 5.60 Å². The second-order valence-corrected chi connectivity index (χ2v) is 7.52. The highest BCUT2D eigenvalue weighted by atomic mass is 16.5. The first-order valence-electron chi connectivity index (χ1n) is 9.86. The van der Waals surface area contributed by atoms with Crippen molar-refractivity contribution in [1.82, 2.24) is 20.2 Å². The van der Waals surface area contributed by atoms with Crippen molar-refractivity contribution in [2.75, 3.05) is 20.2 Å². The fraction of sp³-hybridized carbons (Fsp3) is 0.364. The zero-order valence-electron chi connectivity index (χ0n) is 16.5. The van der Waals surface area contributed by atoms with E-state index in [1.165, 1.54) is 0 Å². The van der Waals surface area contributed by atoms with Crippen LogP contribution >= 0.6 is 0 Å². The average molecular weight is 394 g/mol. The Morgan fingerprint density at radius 1 is 1.28 bits per heavy atom. The number of amides is 1. The van der Waals surface area contributed by atoms with Crippen LogP contribution < -0.4 is 10.1 Å². The molecule has 1 saturated heterocycles. The average Bonchev–Trinajstić information content (AvgIpc) is 3.14. The lowest BCUT2D eigenvalue weighted by Gasteiger charge is -2.38. The van der Waals surface area contributed by atoms with E-state index in [1.807, 2.05) is 48.5 Å². The number of hydrogen-bond donors (Lipinski definition) is 3. The lowest BCUT2D eigenvalue weighted by atomic mass is 9.91. The van der Waals surface area contributed by atoms with E-state index in [9.17, 15) is 9.90 Å². The molecule has 1 aliphatic heterocycles. The zero-order valence-corrected chi connectivity index (χ0v) is 16.5.